The van der Waals surface area contributed by atoms with Crippen molar-refractivity contribution in [2.75, 3.05) is 4.90 Å². The minimum Gasteiger partial charge on any atom is -0.450 e. The normalized spacial score (nSPS) is 14.7. The molecule has 1 unspecified atom stereocenters. The maximum absolute atomic E-state index is 13.7. The minimum absolute atomic E-state index is 0.103. The van der Waals surface area contributed by atoms with Crippen molar-refractivity contribution in [1.29, 1.82) is 0 Å². The van der Waals surface area contributed by atoms with E-state index in [4.69, 9.17) is 4.42 Å². The van der Waals surface area contributed by atoms with Crippen LogP contribution in [0.25, 0.3) is 11.0 Å². The minimum atomic E-state index is -0.957. The number of nitro groups is 1. The van der Waals surface area contributed by atoms with Crippen molar-refractivity contribution in [3.05, 3.63) is 121 Å². The van der Waals surface area contributed by atoms with Crippen molar-refractivity contribution in [3.8, 4) is 0 Å². The Bertz CT molecular complexity index is 1780. The van der Waals surface area contributed by atoms with E-state index in [1.165, 1.54) is 51.8 Å². The van der Waals surface area contributed by atoms with E-state index in [1.54, 1.807) is 30.3 Å². The van der Waals surface area contributed by atoms with Gasteiger partial charge in [-0.3, -0.25) is 24.6 Å². The van der Waals surface area contributed by atoms with Crippen LogP contribution in [0.4, 0.5) is 10.8 Å². The number of aryl methyl sites for hydroxylation is 1. The first-order chi connectivity index (χ1) is 18.4. The number of hydrogen-bond acceptors (Lipinski definition) is 9. The van der Waals surface area contributed by atoms with Gasteiger partial charge in [0, 0.05) is 17.9 Å². The van der Waals surface area contributed by atoms with E-state index in [-0.39, 0.29) is 33.2 Å². The lowest BCUT2D eigenvalue weighted by molar-refractivity contribution is -0.384. The second kappa shape index (κ2) is 9.51. The number of carbonyl (C=O) groups excluding carboxylic acids is 1. The van der Waals surface area contributed by atoms with Crippen LogP contribution in [0.1, 0.15) is 38.9 Å². The summed E-state index contributed by atoms with van der Waals surface area (Å²) < 4.78 is 6.57. The van der Waals surface area contributed by atoms with Gasteiger partial charge in [0.1, 0.15) is 5.58 Å². The summed E-state index contributed by atoms with van der Waals surface area (Å²) in [6.07, 6.45) is 0. The smallest absolute Gasteiger partial charge is 0.297 e. The average molecular weight is 543 g/mol. The third-order valence-corrected chi connectivity index (χ3v) is 8.39. The van der Waals surface area contributed by atoms with Gasteiger partial charge < -0.3 is 4.42 Å². The number of benzene rings is 3. The zero-order valence-corrected chi connectivity index (χ0v) is 21.5. The van der Waals surface area contributed by atoms with E-state index < -0.39 is 16.9 Å². The third kappa shape index (κ3) is 4.15. The summed E-state index contributed by atoms with van der Waals surface area (Å²) >= 11 is 2.70. The fraction of sp³-hybridized carbons (Fsp3) is 0.111. The highest BCUT2D eigenvalue weighted by Crippen LogP contribution is 2.43. The first-order valence-electron chi connectivity index (χ1n) is 11.6. The number of hydrogen-bond donors (Lipinski definition) is 0. The van der Waals surface area contributed by atoms with Crippen LogP contribution in [0.2, 0.25) is 0 Å². The van der Waals surface area contributed by atoms with Crippen molar-refractivity contribution < 1.29 is 14.1 Å². The fourth-order valence-electron chi connectivity index (χ4n) is 4.43. The Labute approximate surface area is 223 Å². The van der Waals surface area contributed by atoms with Crippen LogP contribution in [0.3, 0.4) is 0 Å². The number of nitrogens with zero attached hydrogens (tertiary/aromatic N) is 4. The molecule has 3 aromatic carbocycles. The molecule has 1 amide bonds. The number of aromatic nitrogens is 2. The molecule has 11 heteroatoms. The molecule has 5 aromatic rings. The number of thioether (sulfide) groups is 1. The molecule has 0 saturated heterocycles. The first kappa shape index (κ1) is 24.0. The van der Waals surface area contributed by atoms with Crippen LogP contribution in [-0.2, 0) is 5.75 Å². The van der Waals surface area contributed by atoms with Crippen LogP contribution in [-0.4, -0.2) is 21.0 Å². The highest BCUT2D eigenvalue weighted by molar-refractivity contribution is 8.00. The van der Waals surface area contributed by atoms with E-state index in [0.717, 1.165) is 5.56 Å². The molecule has 1 aliphatic rings. The monoisotopic (exact) mass is 542 g/mol. The molecule has 0 fully saturated rings. The predicted molar refractivity (Wildman–Crippen MR) is 145 cm³/mol. The van der Waals surface area contributed by atoms with E-state index in [2.05, 4.69) is 10.2 Å². The summed E-state index contributed by atoms with van der Waals surface area (Å²) in [6.45, 7) is 2.03. The van der Waals surface area contributed by atoms with Gasteiger partial charge in [-0.05, 0) is 30.2 Å². The molecule has 6 rings (SSSR count). The molecular weight excluding hydrogens is 524 g/mol. The summed E-state index contributed by atoms with van der Waals surface area (Å²) in [5, 5.41) is 20.6. The van der Waals surface area contributed by atoms with Gasteiger partial charge in [0.25, 0.3) is 11.6 Å². The van der Waals surface area contributed by atoms with Gasteiger partial charge in [-0.15, -0.1) is 10.2 Å². The Hall–Kier alpha value is -4.35. The van der Waals surface area contributed by atoms with E-state index in [0.29, 0.717) is 21.0 Å². The van der Waals surface area contributed by atoms with Crippen LogP contribution in [0.15, 0.2) is 86.3 Å². The molecule has 38 heavy (non-hydrogen) atoms. The number of nitro benzene ring substituents is 1. The van der Waals surface area contributed by atoms with Crippen molar-refractivity contribution in [2.45, 2.75) is 23.1 Å². The quantitative estimate of drug-likeness (QED) is 0.113. The Morgan fingerprint density at radius 2 is 1.84 bits per heavy atom. The van der Waals surface area contributed by atoms with E-state index in [9.17, 15) is 19.7 Å². The third-order valence-electron chi connectivity index (χ3n) is 6.26. The predicted octanol–water partition coefficient (Wildman–Crippen LogP) is 5.90. The van der Waals surface area contributed by atoms with Gasteiger partial charge in [0.2, 0.25) is 10.9 Å². The number of para-hydroxylation sites is 1. The van der Waals surface area contributed by atoms with Gasteiger partial charge in [0.05, 0.1) is 21.9 Å². The molecule has 1 aliphatic heterocycles. The topological polar surface area (TPSA) is 119 Å². The van der Waals surface area contributed by atoms with Gasteiger partial charge in [-0.25, -0.2) is 0 Å². The van der Waals surface area contributed by atoms with Crippen LogP contribution < -0.4 is 10.3 Å². The molecular formula is C27H18N4O5S2. The molecule has 188 valence electrons. The fourth-order valence-corrected chi connectivity index (χ4v) is 6.25. The van der Waals surface area contributed by atoms with Gasteiger partial charge >= 0.3 is 0 Å². The molecule has 0 N–H and O–H groups in total. The molecule has 9 nitrogen and oxygen atoms in total. The Kier molecular flexibility index (Phi) is 6.01. The lowest BCUT2D eigenvalue weighted by atomic mass is 9.98. The van der Waals surface area contributed by atoms with Crippen molar-refractivity contribution in [1.82, 2.24) is 10.2 Å². The standard InChI is InChI=1S/C27H18N4O5S2/c1-15-9-11-16(12-10-15)14-37-27-29-28-26(38-27)30-22(17-5-4-6-18(13-17)31(34)35)21-23(32)19-7-2-3-8-20(19)36-24(21)25(30)33/h2-13,22H,14H2,1H3. The Morgan fingerprint density at radius 1 is 1.05 bits per heavy atom. The summed E-state index contributed by atoms with van der Waals surface area (Å²) in [5.41, 5.74) is 2.59. The Balaban J connectivity index is 1.44. The zero-order chi connectivity index (χ0) is 26.4. The van der Waals surface area contributed by atoms with E-state index in [1.807, 2.05) is 31.2 Å². The lowest BCUT2D eigenvalue weighted by Crippen LogP contribution is -2.29. The average Bonchev–Trinajstić information content (AvgIpc) is 3.51. The maximum atomic E-state index is 13.7. The number of carbonyl (C=O) groups is 1. The lowest BCUT2D eigenvalue weighted by Gasteiger charge is -2.21. The van der Waals surface area contributed by atoms with Crippen molar-refractivity contribution >= 4 is 50.8 Å². The van der Waals surface area contributed by atoms with Crippen molar-refractivity contribution in [2.24, 2.45) is 0 Å². The highest BCUT2D eigenvalue weighted by atomic mass is 32.2. The highest BCUT2D eigenvalue weighted by Gasteiger charge is 2.45. The second-order valence-electron chi connectivity index (χ2n) is 8.72. The summed E-state index contributed by atoms with van der Waals surface area (Å²) in [7, 11) is 0. The summed E-state index contributed by atoms with van der Waals surface area (Å²) in [4.78, 5) is 39.7. The number of fused-ring (bicyclic) bond motifs is 2. The van der Waals surface area contributed by atoms with Gasteiger partial charge in [-0.1, -0.05) is 77.2 Å². The molecule has 0 radical (unpaired) electrons. The summed E-state index contributed by atoms with van der Waals surface area (Å²) in [5.74, 6) is 0.0166. The first-order valence-corrected chi connectivity index (χ1v) is 13.4. The van der Waals surface area contributed by atoms with Crippen LogP contribution in [0.5, 0.6) is 0 Å². The molecule has 1 atom stereocenters. The van der Waals surface area contributed by atoms with Gasteiger partial charge in [-0.2, -0.15) is 0 Å². The van der Waals surface area contributed by atoms with Gasteiger partial charge in [0.15, 0.2) is 9.77 Å². The number of anilines is 1. The number of rotatable bonds is 6. The summed E-state index contributed by atoms with van der Waals surface area (Å²) in [6, 6.07) is 19.8. The number of amides is 1. The molecule has 0 spiro atoms. The Morgan fingerprint density at radius 3 is 2.63 bits per heavy atom. The van der Waals surface area contributed by atoms with Crippen molar-refractivity contribution in [3.63, 3.8) is 0 Å². The zero-order valence-electron chi connectivity index (χ0n) is 19.9. The van der Waals surface area contributed by atoms with Crippen LogP contribution >= 0.6 is 23.1 Å². The van der Waals surface area contributed by atoms with Crippen LogP contribution in [0, 0.1) is 17.0 Å². The SMILES string of the molecule is Cc1ccc(CSc2nnc(N3C(=O)c4oc5ccccc5c(=O)c4C3c3cccc([N+](=O)[O-])c3)s2)cc1. The molecule has 0 saturated carbocycles. The molecule has 0 bridgehead atoms. The number of non-ortho nitro benzene ring substituents is 1. The largest absolute Gasteiger partial charge is 0.450 e. The second-order valence-corrected chi connectivity index (χ2v) is 10.9. The van der Waals surface area contributed by atoms with E-state index >= 15 is 0 Å². The maximum Gasteiger partial charge on any atom is 0.297 e. The molecule has 3 heterocycles. The molecule has 0 aliphatic carbocycles. The molecule has 2 aromatic heterocycles.